The van der Waals surface area contributed by atoms with Gasteiger partial charge in [0.2, 0.25) is 0 Å². The van der Waals surface area contributed by atoms with Crippen molar-refractivity contribution in [2.45, 2.75) is 32.9 Å². The van der Waals surface area contributed by atoms with E-state index in [1.165, 1.54) is 22.4 Å². The van der Waals surface area contributed by atoms with Crippen LogP contribution in [0.2, 0.25) is 0 Å². The van der Waals surface area contributed by atoms with Crippen LogP contribution in [-0.2, 0) is 13.1 Å². The Morgan fingerprint density at radius 3 is 2.65 bits per heavy atom. The first kappa shape index (κ1) is 18.3. The Bertz CT molecular complexity index is 782. The molecule has 0 aromatic carbocycles. The number of hydrogen-bond acceptors (Lipinski definition) is 5. The summed E-state index contributed by atoms with van der Waals surface area (Å²) >= 11 is 0. The molecule has 7 nitrogen and oxygen atoms in total. The van der Waals surface area contributed by atoms with Crippen LogP contribution in [0.3, 0.4) is 0 Å². The summed E-state index contributed by atoms with van der Waals surface area (Å²) in [6.45, 7) is 6.41. The van der Waals surface area contributed by atoms with E-state index in [0.717, 1.165) is 32.5 Å². The second-order valence-electron chi connectivity index (χ2n) is 6.56. The third kappa shape index (κ3) is 4.54. The van der Waals surface area contributed by atoms with E-state index >= 15 is 0 Å². The molecule has 1 aliphatic heterocycles. The highest BCUT2D eigenvalue weighted by molar-refractivity contribution is 5.92. The molecule has 0 radical (unpaired) electrons. The van der Waals surface area contributed by atoms with Gasteiger partial charge in [0, 0.05) is 57.7 Å². The van der Waals surface area contributed by atoms with Gasteiger partial charge < -0.3 is 4.90 Å². The molecule has 0 atom stereocenters. The average molecular weight is 355 g/mol. The van der Waals surface area contributed by atoms with Crippen molar-refractivity contribution in [1.29, 1.82) is 0 Å². The van der Waals surface area contributed by atoms with Crippen molar-refractivity contribution in [3.05, 3.63) is 58.3 Å². The molecule has 2 aromatic rings. The lowest BCUT2D eigenvalue weighted by Crippen LogP contribution is -2.48. The van der Waals surface area contributed by atoms with Gasteiger partial charge in [0.25, 0.3) is 11.5 Å². The summed E-state index contributed by atoms with van der Waals surface area (Å²) in [5, 5.41) is 4.26. The lowest BCUT2D eigenvalue weighted by Gasteiger charge is -2.34. The normalized spacial score (nSPS) is 15.2. The molecule has 0 unspecified atom stereocenters. The number of aryl methyl sites for hydroxylation is 1. The monoisotopic (exact) mass is 355 g/mol. The van der Waals surface area contributed by atoms with Crippen LogP contribution in [0.15, 0.2) is 41.5 Å². The largest absolute Gasteiger partial charge is 0.335 e. The number of rotatable bonds is 6. The first-order valence-corrected chi connectivity index (χ1v) is 9.16. The van der Waals surface area contributed by atoms with Crippen LogP contribution in [0.5, 0.6) is 0 Å². The Morgan fingerprint density at radius 2 is 1.96 bits per heavy atom. The number of carbonyl (C=O) groups is 1. The summed E-state index contributed by atoms with van der Waals surface area (Å²) in [4.78, 5) is 32.9. The molecule has 0 bridgehead atoms. The van der Waals surface area contributed by atoms with Gasteiger partial charge in [-0.25, -0.2) is 4.68 Å². The molecule has 0 N–H and O–H groups in total. The fourth-order valence-corrected chi connectivity index (χ4v) is 3.05. The number of nitrogens with zero attached hydrogens (tertiary/aromatic N) is 5. The van der Waals surface area contributed by atoms with E-state index in [9.17, 15) is 9.59 Å². The fraction of sp³-hybridized carbons (Fsp3) is 0.474. The summed E-state index contributed by atoms with van der Waals surface area (Å²) in [6.07, 6.45) is 5.50. The van der Waals surface area contributed by atoms with Gasteiger partial charge in [0.1, 0.15) is 5.69 Å². The van der Waals surface area contributed by atoms with Crippen LogP contribution in [0.25, 0.3) is 0 Å². The molecular weight excluding hydrogens is 330 g/mol. The van der Waals surface area contributed by atoms with E-state index in [2.05, 4.69) is 28.0 Å². The lowest BCUT2D eigenvalue weighted by atomic mass is 10.2. The minimum Gasteiger partial charge on any atom is -0.335 e. The average Bonchev–Trinajstić information content (AvgIpc) is 2.68. The first-order valence-electron chi connectivity index (χ1n) is 9.16. The molecule has 138 valence electrons. The molecule has 7 heteroatoms. The minimum absolute atomic E-state index is 0.101. The predicted molar refractivity (Wildman–Crippen MR) is 98.8 cm³/mol. The third-order valence-electron chi connectivity index (χ3n) is 4.60. The lowest BCUT2D eigenvalue weighted by molar-refractivity contribution is 0.0619. The number of amides is 1. The Kier molecular flexibility index (Phi) is 6.12. The highest BCUT2D eigenvalue weighted by atomic mass is 16.2. The van der Waals surface area contributed by atoms with Gasteiger partial charge in [-0.3, -0.25) is 19.5 Å². The molecule has 2 aromatic heterocycles. The van der Waals surface area contributed by atoms with E-state index in [0.29, 0.717) is 25.3 Å². The molecule has 1 saturated heterocycles. The standard InChI is InChI=1S/C19H25N5O2/c1-2-3-9-24-18(25)7-6-17(21-24)19(26)23-12-10-22(11-13-23)15-16-5-4-8-20-14-16/h4-8,14H,2-3,9-13,15H2,1H3. The molecule has 0 spiro atoms. The second-order valence-corrected chi connectivity index (χ2v) is 6.56. The Balaban J connectivity index is 1.59. The van der Waals surface area contributed by atoms with Gasteiger partial charge in [0.05, 0.1) is 0 Å². The van der Waals surface area contributed by atoms with Crippen molar-refractivity contribution in [2.75, 3.05) is 26.2 Å². The molecule has 0 aliphatic carbocycles. The van der Waals surface area contributed by atoms with Crippen molar-refractivity contribution in [3.63, 3.8) is 0 Å². The van der Waals surface area contributed by atoms with E-state index in [-0.39, 0.29) is 11.5 Å². The number of unbranched alkanes of at least 4 members (excludes halogenated alkanes) is 1. The maximum atomic E-state index is 12.7. The molecule has 1 amide bonds. The van der Waals surface area contributed by atoms with Gasteiger partial charge in [0.15, 0.2) is 0 Å². The van der Waals surface area contributed by atoms with E-state index < -0.39 is 0 Å². The molecule has 1 fully saturated rings. The van der Waals surface area contributed by atoms with Crippen LogP contribution >= 0.6 is 0 Å². The smallest absolute Gasteiger partial charge is 0.274 e. The van der Waals surface area contributed by atoms with E-state index in [1.807, 2.05) is 17.2 Å². The first-order chi connectivity index (χ1) is 12.7. The number of piperazine rings is 1. The summed E-state index contributed by atoms with van der Waals surface area (Å²) < 4.78 is 1.40. The summed E-state index contributed by atoms with van der Waals surface area (Å²) in [5.41, 5.74) is 1.37. The Morgan fingerprint density at radius 1 is 1.15 bits per heavy atom. The second kappa shape index (κ2) is 8.71. The van der Waals surface area contributed by atoms with Crippen molar-refractivity contribution in [2.24, 2.45) is 0 Å². The van der Waals surface area contributed by atoms with Crippen molar-refractivity contribution in [3.8, 4) is 0 Å². The van der Waals surface area contributed by atoms with Crippen molar-refractivity contribution >= 4 is 5.91 Å². The van der Waals surface area contributed by atoms with Gasteiger partial charge in [-0.2, -0.15) is 5.10 Å². The maximum absolute atomic E-state index is 12.7. The molecule has 3 heterocycles. The number of aromatic nitrogens is 3. The van der Waals surface area contributed by atoms with E-state index in [1.54, 1.807) is 6.20 Å². The van der Waals surface area contributed by atoms with Crippen LogP contribution in [0, 0.1) is 0 Å². The zero-order chi connectivity index (χ0) is 18.4. The van der Waals surface area contributed by atoms with Crippen molar-refractivity contribution < 1.29 is 4.79 Å². The summed E-state index contributed by atoms with van der Waals surface area (Å²) in [6, 6.07) is 6.98. The van der Waals surface area contributed by atoms with E-state index in [4.69, 9.17) is 0 Å². The Hall–Kier alpha value is -2.54. The molecule has 0 saturated carbocycles. The molecule has 3 rings (SSSR count). The molecular formula is C19H25N5O2. The van der Waals surface area contributed by atoms with Crippen LogP contribution in [0.4, 0.5) is 0 Å². The van der Waals surface area contributed by atoms with Crippen LogP contribution in [0.1, 0.15) is 35.8 Å². The predicted octanol–water partition coefficient (Wildman–Crippen LogP) is 1.40. The third-order valence-corrected chi connectivity index (χ3v) is 4.60. The highest BCUT2D eigenvalue weighted by Crippen LogP contribution is 2.10. The van der Waals surface area contributed by atoms with Crippen LogP contribution in [-0.4, -0.2) is 56.7 Å². The quantitative estimate of drug-likeness (QED) is 0.783. The summed E-state index contributed by atoms with van der Waals surface area (Å²) in [5.74, 6) is -0.101. The van der Waals surface area contributed by atoms with Gasteiger partial charge in [-0.15, -0.1) is 0 Å². The number of pyridine rings is 1. The SMILES string of the molecule is CCCCn1nc(C(=O)N2CCN(Cc3cccnc3)CC2)ccc1=O. The van der Waals surface area contributed by atoms with Gasteiger partial charge >= 0.3 is 0 Å². The molecule has 26 heavy (non-hydrogen) atoms. The zero-order valence-electron chi connectivity index (χ0n) is 15.2. The maximum Gasteiger partial charge on any atom is 0.274 e. The van der Waals surface area contributed by atoms with Gasteiger partial charge in [-0.05, 0) is 24.1 Å². The number of carbonyl (C=O) groups excluding carboxylic acids is 1. The Labute approximate surface area is 153 Å². The highest BCUT2D eigenvalue weighted by Gasteiger charge is 2.23. The minimum atomic E-state index is -0.156. The molecule has 1 aliphatic rings. The van der Waals surface area contributed by atoms with Crippen LogP contribution < -0.4 is 5.56 Å². The zero-order valence-corrected chi connectivity index (χ0v) is 15.2. The van der Waals surface area contributed by atoms with Gasteiger partial charge in [-0.1, -0.05) is 19.4 Å². The number of hydrogen-bond donors (Lipinski definition) is 0. The summed E-state index contributed by atoms with van der Waals surface area (Å²) in [7, 11) is 0. The topological polar surface area (TPSA) is 71.3 Å². The van der Waals surface area contributed by atoms with Crippen molar-refractivity contribution in [1.82, 2.24) is 24.6 Å². The fourth-order valence-electron chi connectivity index (χ4n) is 3.05.